The number of aryl methyl sites for hydroxylation is 1. The van der Waals surface area contributed by atoms with Crippen molar-refractivity contribution in [3.05, 3.63) is 23.3 Å². The Morgan fingerprint density at radius 3 is 2.58 bits per heavy atom. The third-order valence-electron chi connectivity index (χ3n) is 3.64. The van der Waals surface area contributed by atoms with Crippen LogP contribution < -0.4 is 9.47 Å². The average Bonchev–Trinajstić information content (AvgIpc) is 3.06. The maximum atomic E-state index is 13.1. The van der Waals surface area contributed by atoms with Gasteiger partial charge in [-0.05, 0) is 48.1 Å². The fourth-order valence-electron chi connectivity index (χ4n) is 2.38. The van der Waals surface area contributed by atoms with Gasteiger partial charge in [0.2, 0.25) is 5.24 Å². The van der Waals surface area contributed by atoms with Crippen LogP contribution in [0.3, 0.4) is 0 Å². The van der Waals surface area contributed by atoms with Crippen molar-refractivity contribution in [2.75, 3.05) is 0 Å². The van der Waals surface area contributed by atoms with Gasteiger partial charge in [-0.25, -0.2) is 0 Å². The van der Waals surface area contributed by atoms with E-state index in [9.17, 15) is 13.6 Å². The molecule has 0 spiro atoms. The SMILES string of the molecule is CCc1cc(C2(C(=O)Cl)CC2)cc2c1OC(F)(F)O2. The molecule has 1 aliphatic heterocycles. The Morgan fingerprint density at radius 2 is 2.05 bits per heavy atom. The lowest BCUT2D eigenvalue weighted by Crippen LogP contribution is -2.26. The van der Waals surface area contributed by atoms with Crippen molar-refractivity contribution in [3.63, 3.8) is 0 Å². The first-order chi connectivity index (χ1) is 8.88. The Kier molecular flexibility index (Phi) is 2.55. The molecule has 0 unspecified atom stereocenters. The molecular weight excluding hydrogens is 278 g/mol. The number of carbonyl (C=O) groups is 1. The Morgan fingerprint density at radius 1 is 1.37 bits per heavy atom. The largest absolute Gasteiger partial charge is 0.586 e. The molecule has 102 valence electrons. The van der Waals surface area contributed by atoms with Crippen LogP contribution >= 0.6 is 11.6 Å². The van der Waals surface area contributed by atoms with Gasteiger partial charge in [-0.1, -0.05) is 13.0 Å². The molecule has 1 aromatic rings. The van der Waals surface area contributed by atoms with Gasteiger partial charge in [0.25, 0.3) is 0 Å². The molecule has 1 aromatic carbocycles. The molecule has 0 saturated heterocycles. The minimum atomic E-state index is -3.65. The molecule has 6 heteroatoms. The fraction of sp³-hybridized carbons (Fsp3) is 0.462. The van der Waals surface area contributed by atoms with Crippen LogP contribution in [0.2, 0.25) is 0 Å². The first-order valence-corrected chi connectivity index (χ1v) is 6.39. The zero-order chi connectivity index (χ0) is 13.8. The minimum absolute atomic E-state index is 0.0245. The number of ether oxygens (including phenoxy) is 2. The van der Waals surface area contributed by atoms with Gasteiger partial charge < -0.3 is 9.47 Å². The van der Waals surface area contributed by atoms with Gasteiger partial charge in [0.1, 0.15) is 0 Å². The van der Waals surface area contributed by atoms with Gasteiger partial charge in [-0.3, -0.25) is 4.79 Å². The maximum Gasteiger partial charge on any atom is 0.586 e. The number of hydrogen-bond donors (Lipinski definition) is 0. The van der Waals surface area contributed by atoms with E-state index in [0.29, 0.717) is 30.4 Å². The Labute approximate surface area is 113 Å². The number of hydrogen-bond acceptors (Lipinski definition) is 3. The summed E-state index contributed by atoms with van der Waals surface area (Å²) in [6.07, 6.45) is -1.88. The van der Waals surface area contributed by atoms with Crippen molar-refractivity contribution in [1.29, 1.82) is 0 Å². The highest BCUT2D eigenvalue weighted by Crippen LogP contribution is 2.54. The van der Waals surface area contributed by atoms with Gasteiger partial charge in [0, 0.05) is 0 Å². The highest BCUT2D eigenvalue weighted by atomic mass is 35.5. The van der Waals surface area contributed by atoms with Crippen molar-refractivity contribution in [2.24, 2.45) is 0 Å². The monoisotopic (exact) mass is 288 g/mol. The molecule has 0 N–H and O–H groups in total. The molecule has 19 heavy (non-hydrogen) atoms. The van der Waals surface area contributed by atoms with E-state index in [1.807, 2.05) is 6.92 Å². The van der Waals surface area contributed by atoms with E-state index in [1.54, 1.807) is 6.07 Å². The first kappa shape index (κ1) is 12.7. The molecule has 0 amide bonds. The van der Waals surface area contributed by atoms with Crippen LogP contribution in [-0.2, 0) is 16.6 Å². The van der Waals surface area contributed by atoms with Crippen molar-refractivity contribution in [2.45, 2.75) is 37.9 Å². The molecule has 3 rings (SSSR count). The predicted molar refractivity (Wildman–Crippen MR) is 63.8 cm³/mol. The summed E-state index contributed by atoms with van der Waals surface area (Å²) in [5.74, 6) is 0.0256. The van der Waals surface area contributed by atoms with E-state index in [-0.39, 0.29) is 11.5 Å². The van der Waals surface area contributed by atoms with E-state index < -0.39 is 17.0 Å². The molecule has 0 atom stereocenters. The topological polar surface area (TPSA) is 35.5 Å². The number of carbonyl (C=O) groups excluding carboxylic acids is 1. The fourth-order valence-corrected chi connectivity index (χ4v) is 2.68. The molecule has 3 nitrogen and oxygen atoms in total. The zero-order valence-corrected chi connectivity index (χ0v) is 10.9. The number of rotatable bonds is 3. The van der Waals surface area contributed by atoms with Crippen LogP contribution in [0, 0.1) is 0 Å². The van der Waals surface area contributed by atoms with Gasteiger partial charge in [0.15, 0.2) is 11.5 Å². The smallest absolute Gasteiger partial charge is 0.395 e. The molecule has 0 aromatic heterocycles. The second-order valence-corrected chi connectivity index (χ2v) is 5.18. The minimum Gasteiger partial charge on any atom is -0.395 e. The predicted octanol–water partition coefficient (Wildman–Crippen LogP) is 3.37. The number of fused-ring (bicyclic) bond motifs is 1. The lowest BCUT2D eigenvalue weighted by molar-refractivity contribution is -0.286. The normalized spacial score (nSPS) is 21.3. The Hall–Kier alpha value is -1.36. The molecule has 0 radical (unpaired) electrons. The molecule has 0 bridgehead atoms. The first-order valence-electron chi connectivity index (χ1n) is 6.01. The van der Waals surface area contributed by atoms with Crippen molar-refractivity contribution >= 4 is 16.8 Å². The Balaban J connectivity index is 2.09. The van der Waals surface area contributed by atoms with Crippen molar-refractivity contribution < 1.29 is 23.0 Å². The molecular formula is C13H11ClF2O3. The summed E-state index contributed by atoms with van der Waals surface area (Å²) < 4.78 is 35.2. The molecule has 1 heterocycles. The van der Waals surface area contributed by atoms with Gasteiger partial charge in [-0.15, -0.1) is 8.78 Å². The van der Waals surface area contributed by atoms with Crippen LogP contribution in [0.15, 0.2) is 12.1 Å². The summed E-state index contributed by atoms with van der Waals surface area (Å²) >= 11 is 5.61. The molecule has 2 aliphatic rings. The number of alkyl halides is 2. The van der Waals surface area contributed by atoms with Crippen LogP contribution in [-0.4, -0.2) is 11.5 Å². The van der Waals surface area contributed by atoms with Crippen LogP contribution in [0.4, 0.5) is 8.78 Å². The van der Waals surface area contributed by atoms with Crippen molar-refractivity contribution in [3.8, 4) is 11.5 Å². The quantitative estimate of drug-likeness (QED) is 0.800. The molecule has 1 fully saturated rings. The average molecular weight is 289 g/mol. The van der Waals surface area contributed by atoms with Gasteiger partial charge in [-0.2, -0.15) is 0 Å². The van der Waals surface area contributed by atoms with Crippen molar-refractivity contribution in [1.82, 2.24) is 0 Å². The third-order valence-corrected chi connectivity index (χ3v) is 4.00. The third kappa shape index (κ3) is 1.87. The summed E-state index contributed by atoms with van der Waals surface area (Å²) in [4.78, 5) is 11.5. The lowest BCUT2D eigenvalue weighted by Gasteiger charge is -2.13. The van der Waals surface area contributed by atoms with E-state index in [4.69, 9.17) is 11.6 Å². The molecule has 1 saturated carbocycles. The van der Waals surface area contributed by atoms with E-state index >= 15 is 0 Å². The second kappa shape index (κ2) is 3.82. The van der Waals surface area contributed by atoms with Crippen LogP contribution in [0.1, 0.15) is 30.9 Å². The number of benzene rings is 1. The van der Waals surface area contributed by atoms with Crippen LogP contribution in [0.25, 0.3) is 0 Å². The van der Waals surface area contributed by atoms with E-state index in [0.717, 1.165) is 0 Å². The second-order valence-electron chi connectivity index (χ2n) is 4.84. The Bertz CT molecular complexity index is 567. The summed E-state index contributed by atoms with van der Waals surface area (Å²) in [5.41, 5.74) is 0.486. The van der Waals surface area contributed by atoms with E-state index in [2.05, 4.69) is 9.47 Å². The van der Waals surface area contributed by atoms with Crippen LogP contribution in [0.5, 0.6) is 11.5 Å². The standard InChI is InChI=1S/C13H11ClF2O3/c1-2-7-5-8(12(3-4-12)11(14)17)6-9-10(7)19-13(15,16)18-9/h5-6H,2-4H2,1H3. The number of halogens is 3. The summed E-state index contributed by atoms with van der Waals surface area (Å²) in [6.45, 7) is 1.82. The highest BCUT2D eigenvalue weighted by Gasteiger charge is 2.52. The van der Waals surface area contributed by atoms with Gasteiger partial charge in [0.05, 0.1) is 5.41 Å². The van der Waals surface area contributed by atoms with E-state index in [1.165, 1.54) is 6.07 Å². The highest BCUT2D eigenvalue weighted by molar-refractivity contribution is 6.66. The maximum absolute atomic E-state index is 13.1. The molecule has 1 aliphatic carbocycles. The summed E-state index contributed by atoms with van der Waals surface area (Å²) in [6, 6.07) is 3.14. The lowest BCUT2D eigenvalue weighted by atomic mass is 9.94. The summed E-state index contributed by atoms with van der Waals surface area (Å²) in [5, 5.41) is -0.458. The summed E-state index contributed by atoms with van der Waals surface area (Å²) in [7, 11) is 0. The van der Waals surface area contributed by atoms with Gasteiger partial charge >= 0.3 is 6.29 Å². The zero-order valence-electron chi connectivity index (χ0n) is 10.1.